The van der Waals surface area contributed by atoms with Gasteiger partial charge in [0.2, 0.25) is 5.91 Å². The summed E-state index contributed by atoms with van der Waals surface area (Å²) < 4.78 is 0. The zero-order valence-electron chi connectivity index (χ0n) is 15.3. The summed E-state index contributed by atoms with van der Waals surface area (Å²) in [5, 5.41) is 6.19. The van der Waals surface area contributed by atoms with Crippen molar-refractivity contribution < 1.29 is 9.59 Å². The molecule has 1 saturated heterocycles. The molecular weight excluding hydrogens is 316 g/mol. The van der Waals surface area contributed by atoms with Crippen LogP contribution < -0.4 is 10.6 Å². The second-order valence-electron chi connectivity index (χ2n) is 7.53. The maximum atomic E-state index is 13.0. The Morgan fingerprint density at radius 1 is 1.36 bits per heavy atom. The highest BCUT2D eigenvalue weighted by atomic mass is 16.2. The third-order valence-corrected chi connectivity index (χ3v) is 5.34. The van der Waals surface area contributed by atoms with E-state index in [0.29, 0.717) is 0 Å². The summed E-state index contributed by atoms with van der Waals surface area (Å²) in [6.45, 7) is 6.30. The van der Waals surface area contributed by atoms with Crippen molar-refractivity contribution in [2.24, 2.45) is 5.92 Å². The van der Waals surface area contributed by atoms with Crippen LogP contribution in [0.1, 0.15) is 56.8 Å². The van der Waals surface area contributed by atoms with E-state index >= 15 is 0 Å². The molecule has 3 rings (SSSR count). The summed E-state index contributed by atoms with van der Waals surface area (Å²) in [7, 11) is 0. The van der Waals surface area contributed by atoms with Gasteiger partial charge in [-0.15, -0.1) is 0 Å². The molecule has 6 nitrogen and oxygen atoms in total. The van der Waals surface area contributed by atoms with Crippen LogP contribution in [-0.4, -0.2) is 40.5 Å². The number of pyridine rings is 1. The van der Waals surface area contributed by atoms with Crippen molar-refractivity contribution in [1.82, 2.24) is 20.5 Å². The molecule has 0 radical (unpaired) electrons. The number of amides is 3. The molecule has 1 aliphatic carbocycles. The van der Waals surface area contributed by atoms with E-state index in [1.54, 1.807) is 11.1 Å². The molecule has 3 amide bonds. The van der Waals surface area contributed by atoms with Crippen molar-refractivity contribution in [2.45, 2.75) is 64.6 Å². The predicted molar refractivity (Wildman–Crippen MR) is 96.0 cm³/mol. The van der Waals surface area contributed by atoms with Crippen LogP contribution in [0.3, 0.4) is 0 Å². The lowest BCUT2D eigenvalue weighted by Gasteiger charge is -2.44. The first kappa shape index (κ1) is 17.7. The van der Waals surface area contributed by atoms with Crippen LogP contribution >= 0.6 is 0 Å². The molecule has 2 heterocycles. The van der Waals surface area contributed by atoms with Gasteiger partial charge in [0.05, 0.1) is 17.8 Å². The average Bonchev–Trinajstić information content (AvgIpc) is 2.59. The quantitative estimate of drug-likeness (QED) is 0.885. The number of aromatic nitrogens is 1. The number of urea groups is 1. The van der Waals surface area contributed by atoms with E-state index in [4.69, 9.17) is 0 Å². The molecule has 1 aliphatic heterocycles. The number of hydrogen-bond donors (Lipinski definition) is 2. The van der Waals surface area contributed by atoms with Gasteiger partial charge in [0.15, 0.2) is 0 Å². The molecule has 3 atom stereocenters. The van der Waals surface area contributed by atoms with Crippen molar-refractivity contribution in [3.05, 3.63) is 29.6 Å². The van der Waals surface area contributed by atoms with Crippen LogP contribution in [-0.2, 0) is 4.79 Å². The first-order valence-corrected chi connectivity index (χ1v) is 9.25. The smallest absolute Gasteiger partial charge is 0.318 e. The van der Waals surface area contributed by atoms with E-state index < -0.39 is 0 Å². The van der Waals surface area contributed by atoms with Gasteiger partial charge in [0, 0.05) is 12.2 Å². The maximum Gasteiger partial charge on any atom is 0.318 e. The molecule has 0 aromatic carbocycles. The van der Waals surface area contributed by atoms with E-state index in [0.717, 1.165) is 36.9 Å². The molecule has 1 aromatic rings. The number of fused-ring (bicyclic) bond motifs is 1. The number of hydrogen-bond acceptors (Lipinski definition) is 3. The Bertz CT molecular complexity index is 646. The fourth-order valence-electron chi connectivity index (χ4n) is 3.99. The van der Waals surface area contributed by atoms with Gasteiger partial charge >= 0.3 is 6.03 Å². The summed E-state index contributed by atoms with van der Waals surface area (Å²) in [6, 6.07) is 3.78. The van der Waals surface area contributed by atoms with E-state index in [1.165, 1.54) is 0 Å². The third-order valence-electron chi connectivity index (χ3n) is 5.34. The maximum absolute atomic E-state index is 13.0. The molecule has 0 bridgehead atoms. The highest BCUT2D eigenvalue weighted by Crippen LogP contribution is 2.27. The molecule has 1 aromatic heterocycles. The van der Waals surface area contributed by atoms with Crippen LogP contribution in [0.4, 0.5) is 4.79 Å². The Kier molecular flexibility index (Phi) is 5.25. The molecule has 2 aliphatic rings. The Balaban J connectivity index is 1.78. The molecule has 6 heteroatoms. The largest absolute Gasteiger partial charge is 0.350 e. The number of aryl methyl sites for hydroxylation is 1. The van der Waals surface area contributed by atoms with Gasteiger partial charge in [-0.2, -0.15) is 0 Å². The summed E-state index contributed by atoms with van der Waals surface area (Å²) in [5.74, 6) is 0.145. The van der Waals surface area contributed by atoms with Crippen molar-refractivity contribution in [3.63, 3.8) is 0 Å². The van der Waals surface area contributed by atoms with Gasteiger partial charge < -0.3 is 15.5 Å². The molecule has 2 fully saturated rings. The minimum absolute atomic E-state index is 0.0617. The highest BCUT2D eigenvalue weighted by Gasteiger charge is 2.39. The number of nitrogens with zero attached hydrogens (tertiary/aromatic N) is 2. The lowest BCUT2D eigenvalue weighted by atomic mass is 9.87. The number of carbonyl (C=O) groups is 2. The van der Waals surface area contributed by atoms with E-state index in [2.05, 4.69) is 29.5 Å². The predicted octanol–water partition coefficient (Wildman–Crippen LogP) is 2.54. The molecule has 0 spiro atoms. The number of nitrogens with one attached hydrogen (secondary N) is 2. The topological polar surface area (TPSA) is 74.3 Å². The van der Waals surface area contributed by atoms with Gasteiger partial charge in [-0.25, -0.2) is 4.79 Å². The van der Waals surface area contributed by atoms with Crippen LogP contribution in [0.5, 0.6) is 0 Å². The molecule has 3 unspecified atom stereocenters. The minimum Gasteiger partial charge on any atom is -0.350 e. The standard InChI is InChI=1S/C19H28N4O2/c1-12(2)17(18-13(3)7-6-10-20-18)22-19(25)23-11-16(24)21-14-8-4-5-9-15(14)23/h6-7,10,12,14-15,17H,4-5,8-9,11H2,1-3H3,(H,21,24)(H,22,25). The van der Waals surface area contributed by atoms with Gasteiger partial charge in [-0.05, 0) is 37.3 Å². The van der Waals surface area contributed by atoms with Crippen LogP contribution in [0.2, 0.25) is 0 Å². The fraction of sp³-hybridized carbons (Fsp3) is 0.632. The van der Waals surface area contributed by atoms with Crippen molar-refractivity contribution >= 4 is 11.9 Å². The summed E-state index contributed by atoms with van der Waals surface area (Å²) >= 11 is 0. The van der Waals surface area contributed by atoms with Crippen molar-refractivity contribution in [3.8, 4) is 0 Å². The normalized spacial score (nSPS) is 24.5. The number of carbonyl (C=O) groups excluding carboxylic acids is 2. The van der Waals surface area contributed by atoms with Crippen molar-refractivity contribution in [2.75, 3.05) is 6.54 Å². The Hall–Kier alpha value is -2.11. The lowest BCUT2D eigenvalue weighted by Crippen LogP contribution is -2.64. The first-order chi connectivity index (χ1) is 12.0. The van der Waals surface area contributed by atoms with Gasteiger partial charge in [-0.1, -0.05) is 32.8 Å². The van der Waals surface area contributed by atoms with E-state index in [1.807, 2.05) is 19.1 Å². The fourth-order valence-corrected chi connectivity index (χ4v) is 3.99. The molecule has 136 valence electrons. The van der Waals surface area contributed by atoms with Crippen LogP contribution in [0, 0.1) is 12.8 Å². The summed E-state index contributed by atoms with van der Waals surface area (Å²) in [5.41, 5.74) is 1.96. The Morgan fingerprint density at radius 2 is 2.12 bits per heavy atom. The van der Waals surface area contributed by atoms with Crippen LogP contribution in [0.25, 0.3) is 0 Å². The number of rotatable bonds is 3. The Morgan fingerprint density at radius 3 is 2.84 bits per heavy atom. The second-order valence-corrected chi connectivity index (χ2v) is 7.53. The summed E-state index contributed by atoms with van der Waals surface area (Å²) in [4.78, 5) is 31.3. The van der Waals surface area contributed by atoms with Crippen LogP contribution in [0.15, 0.2) is 18.3 Å². The third kappa shape index (κ3) is 3.78. The second kappa shape index (κ2) is 7.42. The SMILES string of the molecule is Cc1cccnc1C(NC(=O)N1CC(=O)NC2CCCCC21)C(C)C. The number of piperazine rings is 1. The molecule has 25 heavy (non-hydrogen) atoms. The molecular formula is C19H28N4O2. The average molecular weight is 344 g/mol. The zero-order chi connectivity index (χ0) is 18.0. The van der Waals surface area contributed by atoms with Crippen molar-refractivity contribution in [1.29, 1.82) is 0 Å². The van der Waals surface area contributed by atoms with Gasteiger partial charge in [0.1, 0.15) is 6.54 Å². The van der Waals surface area contributed by atoms with Gasteiger partial charge in [0.25, 0.3) is 0 Å². The van der Waals surface area contributed by atoms with Gasteiger partial charge in [-0.3, -0.25) is 9.78 Å². The highest BCUT2D eigenvalue weighted by molar-refractivity contribution is 5.86. The lowest BCUT2D eigenvalue weighted by molar-refractivity contribution is -0.126. The summed E-state index contributed by atoms with van der Waals surface area (Å²) in [6.07, 6.45) is 5.88. The van der Waals surface area contributed by atoms with E-state index in [9.17, 15) is 9.59 Å². The molecule has 2 N–H and O–H groups in total. The minimum atomic E-state index is -0.166. The zero-order valence-corrected chi connectivity index (χ0v) is 15.3. The van der Waals surface area contributed by atoms with E-state index in [-0.39, 0.29) is 42.5 Å². The Labute approximate surface area is 149 Å². The monoisotopic (exact) mass is 344 g/mol. The molecule has 1 saturated carbocycles. The first-order valence-electron chi connectivity index (χ1n) is 9.25.